The number of hydrogen-bond donors (Lipinski definition) is 1. The zero-order chi connectivity index (χ0) is 19.8. The molecule has 0 spiro atoms. The van der Waals surface area contributed by atoms with Crippen LogP contribution in [-0.2, 0) is 19.6 Å². The lowest BCUT2D eigenvalue weighted by Gasteiger charge is -2.14. The summed E-state index contributed by atoms with van der Waals surface area (Å²) in [6, 6.07) is 24.8. The van der Waals surface area contributed by atoms with Crippen LogP contribution in [0.5, 0.6) is 5.75 Å². The fraction of sp³-hybridized carbons (Fsp3) is 0.250. The number of aryl methyl sites for hydroxylation is 1. The molecule has 1 atom stereocenters. The number of ether oxygens (including phenoxy) is 1. The maximum absolute atomic E-state index is 6.04. The van der Waals surface area contributed by atoms with Gasteiger partial charge in [0.25, 0.3) is 0 Å². The van der Waals surface area contributed by atoms with Gasteiger partial charge in [-0.05, 0) is 60.7 Å². The van der Waals surface area contributed by atoms with Crippen LogP contribution in [0.15, 0.2) is 72.8 Å². The van der Waals surface area contributed by atoms with Gasteiger partial charge in [-0.2, -0.15) is 0 Å². The minimum absolute atomic E-state index is 0.463. The number of halogens is 2. The summed E-state index contributed by atoms with van der Waals surface area (Å²) < 4.78 is 5.83. The molecule has 2 nitrogen and oxygen atoms in total. The molecule has 146 valence electrons. The predicted octanol–water partition coefficient (Wildman–Crippen LogP) is 6.68. The molecule has 1 N–H and O–H groups in total. The summed E-state index contributed by atoms with van der Waals surface area (Å²) in [7, 11) is 0. The largest absolute Gasteiger partial charge is 0.489 e. The first-order chi connectivity index (χ1) is 13.6. The van der Waals surface area contributed by atoms with Crippen molar-refractivity contribution in [3.05, 3.63) is 99.5 Å². The molecular weight excluding hydrogens is 389 g/mol. The molecule has 0 fully saturated rings. The third-order valence-corrected chi connectivity index (χ3v) is 5.42. The Labute approximate surface area is 177 Å². The highest BCUT2D eigenvalue weighted by Crippen LogP contribution is 2.23. The van der Waals surface area contributed by atoms with Gasteiger partial charge in [-0.15, -0.1) is 0 Å². The zero-order valence-electron chi connectivity index (χ0n) is 16.0. The highest BCUT2D eigenvalue weighted by atomic mass is 35.5. The van der Waals surface area contributed by atoms with Gasteiger partial charge in [0.2, 0.25) is 0 Å². The Bertz CT molecular complexity index is 866. The Morgan fingerprint density at radius 3 is 2.25 bits per heavy atom. The maximum Gasteiger partial charge on any atom is 0.119 e. The number of benzene rings is 3. The first kappa shape index (κ1) is 20.7. The van der Waals surface area contributed by atoms with Gasteiger partial charge in [-0.3, -0.25) is 0 Å². The Morgan fingerprint density at radius 2 is 1.54 bits per heavy atom. The molecule has 0 bridgehead atoms. The Hall–Kier alpha value is -2.00. The van der Waals surface area contributed by atoms with Gasteiger partial charge >= 0.3 is 0 Å². The summed E-state index contributed by atoms with van der Waals surface area (Å²) >= 11 is 12.0. The van der Waals surface area contributed by atoms with Crippen molar-refractivity contribution < 1.29 is 4.74 Å². The molecule has 4 heteroatoms. The lowest BCUT2D eigenvalue weighted by atomic mass is 10.1. The molecule has 3 aromatic carbocycles. The third kappa shape index (κ3) is 6.56. The van der Waals surface area contributed by atoms with Gasteiger partial charge in [0, 0.05) is 12.6 Å². The van der Waals surface area contributed by atoms with Crippen molar-refractivity contribution >= 4 is 23.2 Å². The van der Waals surface area contributed by atoms with Crippen LogP contribution in [-0.4, -0.2) is 6.04 Å². The van der Waals surface area contributed by atoms with Crippen molar-refractivity contribution in [3.8, 4) is 5.75 Å². The molecular formula is C24H25Cl2NO. The zero-order valence-corrected chi connectivity index (χ0v) is 17.5. The second kappa shape index (κ2) is 10.5. The summed E-state index contributed by atoms with van der Waals surface area (Å²) in [6.07, 6.45) is 2.21. The summed E-state index contributed by atoms with van der Waals surface area (Å²) in [5.74, 6) is 0.840. The monoisotopic (exact) mass is 413 g/mol. The molecule has 0 heterocycles. The first-order valence-corrected chi connectivity index (χ1v) is 10.3. The van der Waals surface area contributed by atoms with Crippen LogP contribution >= 0.6 is 23.2 Å². The van der Waals surface area contributed by atoms with Gasteiger partial charge in [-0.25, -0.2) is 0 Å². The SMILES string of the molecule is CC(CCc1ccccc1)NCc1ccc(OCc2ccc(Cl)c(Cl)c2)cc1. The number of rotatable bonds is 9. The van der Waals surface area contributed by atoms with Crippen LogP contribution in [0.25, 0.3) is 0 Å². The van der Waals surface area contributed by atoms with Crippen LogP contribution in [0.4, 0.5) is 0 Å². The summed E-state index contributed by atoms with van der Waals surface area (Å²) in [5.41, 5.74) is 3.63. The van der Waals surface area contributed by atoms with Crippen LogP contribution in [0.2, 0.25) is 10.0 Å². The van der Waals surface area contributed by atoms with E-state index in [2.05, 4.69) is 54.7 Å². The molecule has 0 aliphatic rings. The molecule has 0 aliphatic heterocycles. The summed E-state index contributed by atoms with van der Waals surface area (Å²) in [6.45, 7) is 3.55. The van der Waals surface area contributed by atoms with Gasteiger partial charge < -0.3 is 10.1 Å². The number of hydrogen-bond acceptors (Lipinski definition) is 2. The predicted molar refractivity (Wildman–Crippen MR) is 118 cm³/mol. The number of nitrogens with one attached hydrogen (secondary N) is 1. The Balaban J connectivity index is 1.41. The van der Waals surface area contributed by atoms with Gasteiger partial charge in [-0.1, -0.05) is 71.7 Å². The van der Waals surface area contributed by atoms with E-state index in [9.17, 15) is 0 Å². The normalized spacial score (nSPS) is 12.0. The molecule has 0 amide bonds. The van der Waals surface area contributed by atoms with E-state index in [1.54, 1.807) is 6.07 Å². The van der Waals surface area contributed by atoms with E-state index in [0.29, 0.717) is 22.7 Å². The molecule has 3 rings (SSSR count). The molecule has 0 saturated heterocycles. The standard InChI is InChI=1S/C24H25Cl2NO/c1-18(7-8-19-5-3-2-4-6-19)27-16-20-9-12-22(13-10-20)28-17-21-11-14-23(25)24(26)15-21/h2-6,9-15,18,27H,7-8,16-17H2,1H3. The van der Waals surface area contributed by atoms with E-state index in [1.165, 1.54) is 11.1 Å². The first-order valence-electron chi connectivity index (χ1n) is 9.53. The van der Waals surface area contributed by atoms with Crippen molar-refractivity contribution in [2.24, 2.45) is 0 Å². The molecule has 0 radical (unpaired) electrons. The fourth-order valence-corrected chi connectivity index (χ4v) is 3.24. The lowest BCUT2D eigenvalue weighted by Crippen LogP contribution is -2.25. The molecule has 0 aromatic heterocycles. The summed E-state index contributed by atoms with van der Waals surface area (Å²) in [5, 5.41) is 4.69. The van der Waals surface area contributed by atoms with E-state index in [-0.39, 0.29) is 0 Å². The van der Waals surface area contributed by atoms with Crippen molar-refractivity contribution in [1.29, 1.82) is 0 Å². The van der Waals surface area contributed by atoms with Crippen molar-refractivity contribution in [1.82, 2.24) is 5.32 Å². The summed E-state index contributed by atoms with van der Waals surface area (Å²) in [4.78, 5) is 0. The molecule has 0 aliphatic carbocycles. The van der Waals surface area contributed by atoms with E-state index in [0.717, 1.165) is 30.7 Å². The van der Waals surface area contributed by atoms with Crippen molar-refractivity contribution in [2.75, 3.05) is 0 Å². The second-order valence-electron chi connectivity index (χ2n) is 6.99. The Morgan fingerprint density at radius 1 is 0.821 bits per heavy atom. The van der Waals surface area contributed by atoms with E-state index < -0.39 is 0 Å². The van der Waals surface area contributed by atoms with E-state index in [1.807, 2.05) is 24.3 Å². The van der Waals surface area contributed by atoms with Gasteiger partial charge in [0.05, 0.1) is 10.0 Å². The quantitative estimate of drug-likeness (QED) is 0.422. The molecule has 3 aromatic rings. The fourth-order valence-electron chi connectivity index (χ4n) is 2.92. The van der Waals surface area contributed by atoms with Crippen LogP contribution in [0.3, 0.4) is 0 Å². The second-order valence-corrected chi connectivity index (χ2v) is 7.80. The average molecular weight is 414 g/mol. The third-order valence-electron chi connectivity index (χ3n) is 4.68. The van der Waals surface area contributed by atoms with Crippen molar-refractivity contribution in [3.63, 3.8) is 0 Å². The van der Waals surface area contributed by atoms with Crippen LogP contribution in [0.1, 0.15) is 30.0 Å². The highest BCUT2D eigenvalue weighted by Gasteiger charge is 2.04. The average Bonchev–Trinajstić information content (AvgIpc) is 2.73. The van der Waals surface area contributed by atoms with Gasteiger partial charge in [0.1, 0.15) is 12.4 Å². The Kier molecular flexibility index (Phi) is 7.79. The topological polar surface area (TPSA) is 21.3 Å². The minimum Gasteiger partial charge on any atom is -0.489 e. The van der Waals surface area contributed by atoms with Crippen LogP contribution < -0.4 is 10.1 Å². The highest BCUT2D eigenvalue weighted by molar-refractivity contribution is 6.42. The molecule has 28 heavy (non-hydrogen) atoms. The minimum atomic E-state index is 0.463. The smallest absolute Gasteiger partial charge is 0.119 e. The van der Waals surface area contributed by atoms with E-state index >= 15 is 0 Å². The van der Waals surface area contributed by atoms with Crippen molar-refractivity contribution in [2.45, 2.75) is 39.0 Å². The lowest BCUT2D eigenvalue weighted by molar-refractivity contribution is 0.306. The molecule has 1 unspecified atom stereocenters. The maximum atomic E-state index is 6.04. The van der Waals surface area contributed by atoms with Crippen LogP contribution in [0, 0.1) is 0 Å². The molecule has 0 saturated carbocycles. The van der Waals surface area contributed by atoms with Gasteiger partial charge in [0.15, 0.2) is 0 Å². The van der Waals surface area contributed by atoms with E-state index in [4.69, 9.17) is 27.9 Å².